The first-order valence-electron chi connectivity index (χ1n) is 12.3. The second-order valence-electron chi connectivity index (χ2n) is 10.7. The summed E-state index contributed by atoms with van der Waals surface area (Å²) < 4.78 is 5.47. The molecule has 0 spiro atoms. The van der Waals surface area contributed by atoms with Crippen molar-refractivity contribution in [1.29, 1.82) is 0 Å². The minimum absolute atomic E-state index is 0. The summed E-state index contributed by atoms with van der Waals surface area (Å²) in [6.07, 6.45) is 2.40. The van der Waals surface area contributed by atoms with Gasteiger partial charge >= 0.3 is 5.97 Å². The molecule has 0 atom stereocenters. The Labute approximate surface area is 224 Å². The van der Waals surface area contributed by atoms with Gasteiger partial charge in [0.2, 0.25) is 0 Å². The van der Waals surface area contributed by atoms with E-state index in [-0.39, 0.29) is 40.8 Å². The summed E-state index contributed by atoms with van der Waals surface area (Å²) in [5, 5.41) is 0. The van der Waals surface area contributed by atoms with Crippen molar-refractivity contribution in [1.82, 2.24) is 4.90 Å². The number of likely N-dealkylation sites (N-methyl/N-ethyl adjacent to an activating group) is 1. The zero-order valence-corrected chi connectivity index (χ0v) is 24.4. The lowest BCUT2D eigenvalue weighted by molar-refractivity contribution is 0.0466. The molecule has 0 radical (unpaired) electrons. The summed E-state index contributed by atoms with van der Waals surface area (Å²) in [6, 6.07) is 12.4. The maximum absolute atomic E-state index is 12.4. The molecule has 2 aromatic carbocycles. The molecule has 4 heteroatoms. The molecular formula is C30H42INO2. The number of fused-ring (bicyclic) bond motifs is 1. The highest BCUT2D eigenvalue weighted by molar-refractivity contribution is 14.0. The van der Waals surface area contributed by atoms with Gasteiger partial charge in [-0.1, -0.05) is 72.4 Å². The molecule has 1 aliphatic rings. The Balaban J connectivity index is 0.00000408. The zero-order valence-electron chi connectivity index (χ0n) is 22.1. The van der Waals surface area contributed by atoms with E-state index in [4.69, 9.17) is 4.74 Å². The molecule has 0 unspecified atom stereocenters. The molecule has 34 heavy (non-hydrogen) atoms. The Morgan fingerprint density at radius 1 is 0.941 bits per heavy atom. The fourth-order valence-electron chi connectivity index (χ4n) is 4.90. The van der Waals surface area contributed by atoms with Crippen molar-refractivity contribution < 1.29 is 9.53 Å². The molecule has 3 nitrogen and oxygen atoms in total. The van der Waals surface area contributed by atoms with Crippen LogP contribution in [-0.4, -0.2) is 37.1 Å². The SMILES string of the molecule is C=C(c1ccc(C(=O)OCCN(CC)CC)cc1)c1cc2c(cc1C)C(C)(C)CCC2(C)C.I. The van der Waals surface area contributed by atoms with Gasteiger partial charge in [-0.05, 0) is 89.2 Å². The van der Waals surface area contributed by atoms with E-state index in [0.717, 1.165) is 30.8 Å². The predicted molar refractivity (Wildman–Crippen MR) is 155 cm³/mol. The van der Waals surface area contributed by atoms with Crippen LogP contribution >= 0.6 is 24.0 Å². The van der Waals surface area contributed by atoms with Gasteiger partial charge in [0.15, 0.2) is 0 Å². The normalized spacial score (nSPS) is 15.9. The molecule has 0 fully saturated rings. The lowest BCUT2D eigenvalue weighted by Gasteiger charge is -2.42. The second kappa shape index (κ2) is 11.4. The van der Waals surface area contributed by atoms with Crippen molar-refractivity contribution in [2.24, 2.45) is 0 Å². The van der Waals surface area contributed by atoms with E-state index >= 15 is 0 Å². The number of benzene rings is 2. The molecule has 0 aromatic heterocycles. The predicted octanol–water partition coefficient (Wildman–Crippen LogP) is 7.52. The van der Waals surface area contributed by atoms with Gasteiger partial charge in [-0.25, -0.2) is 4.79 Å². The summed E-state index contributed by atoms with van der Waals surface area (Å²) >= 11 is 0. The van der Waals surface area contributed by atoms with Gasteiger partial charge in [-0.3, -0.25) is 0 Å². The van der Waals surface area contributed by atoms with E-state index < -0.39 is 0 Å². The molecule has 0 amide bonds. The third-order valence-electron chi connectivity index (χ3n) is 7.53. The molecule has 0 aliphatic heterocycles. The summed E-state index contributed by atoms with van der Waals surface area (Å²) in [5.41, 5.74) is 8.32. The smallest absolute Gasteiger partial charge is 0.338 e. The number of carbonyl (C=O) groups excluding carboxylic acids is 1. The fourth-order valence-corrected chi connectivity index (χ4v) is 4.90. The Morgan fingerprint density at radius 2 is 1.44 bits per heavy atom. The van der Waals surface area contributed by atoms with Crippen LogP contribution in [0.3, 0.4) is 0 Å². The number of aryl methyl sites for hydroxylation is 1. The number of hydrogen-bond acceptors (Lipinski definition) is 3. The van der Waals surface area contributed by atoms with Gasteiger partial charge < -0.3 is 9.64 Å². The molecule has 0 N–H and O–H groups in total. The van der Waals surface area contributed by atoms with Crippen LogP contribution in [0.1, 0.15) is 92.6 Å². The van der Waals surface area contributed by atoms with Crippen molar-refractivity contribution in [3.63, 3.8) is 0 Å². The van der Waals surface area contributed by atoms with Gasteiger partial charge in [0, 0.05) is 6.54 Å². The van der Waals surface area contributed by atoms with E-state index in [1.807, 2.05) is 24.3 Å². The van der Waals surface area contributed by atoms with Crippen molar-refractivity contribution in [3.05, 3.63) is 76.4 Å². The molecule has 0 bridgehead atoms. The van der Waals surface area contributed by atoms with Crippen LogP contribution in [0.25, 0.3) is 5.57 Å². The number of esters is 1. The van der Waals surface area contributed by atoms with Crippen molar-refractivity contribution in [2.45, 2.75) is 72.1 Å². The summed E-state index contributed by atoms with van der Waals surface area (Å²) in [4.78, 5) is 14.7. The number of nitrogens with zero attached hydrogens (tertiary/aromatic N) is 1. The van der Waals surface area contributed by atoms with Gasteiger partial charge in [-0.15, -0.1) is 24.0 Å². The van der Waals surface area contributed by atoms with Crippen molar-refractivity contribution in [3.8, 4) is 0 Å². The highest BCUT2D eigenvalue weighted by Gasteiger charge is 2.37. The van der Waals surface area contributed by atoms with Crippen LogP contribution in [0.2, 0.25) is 0 Å². The van der Waals surface area contributed by atoms with Crippen LogP contribution in [-0.2, 0) is 15.6 Å². The first-order chi connectivity index (χ1) is 15.5. The lowest BCUT2D eigenvalue weighted by atomic mass is 9.62. The maximum atomic E-state index is 12.4. The fraction of sp³-hybridized carbons (Fsp3) is 0.500. The lowest BCUT2D eigenvalue weighted by Crippen LogP contribution is -2.34. The average Bonchev–Trinajstić information content (AvgIpc) is 2.79. The van der Waals surface area contributed by atoms with Crippen molar-refractivity contribution in [2.75, 3.05) is 26.2 Å². The molecular weight excluding hydrogens is 533 g/mol. The van der Waals surface area contributed by atoms with Gasteiger partial charge in [0.25, 0.3) is 0 Å². The summed E-state index contributed by atoms with van der Waals surface area (Å²) in [6.45, 7) is 23.3. The number of halogens is 1. The van der Waals surface area contributed by atoms with Gasteiger partial charge in [0.1, 0.15) is 6.61 Å². The molecule has 0 saturated carbocycles. The first kappa shape index (κ1) is 28.6. The Hall–Kier alpha value is -1.66. The van der Waals surface area contributed by atoms with Crippen LogP contribution in [0.4, 0.5) is 0 Å². The quantitative estimate of drug-likeness (QED) is 0.241. The first-order valence-corrected chi connectivity index (χ1v) is 12.3. The third-order valence-corrected chi connectivity index (χ3v) is 7.53. The minimum atomic E-state index is -0.270. The number of rotatable bonds is 8. The number of ether oxygens (including phenoxy) is 1. The standard InChI is InChI=1S/C30H41NO2.HI/c1-9-31(10-2)17-18-33-28(32)24-13-11-23(12-14-24)22(4)25-20-27-26(19-21(25)3)29(5,6)15-16-30(27,7)8;/h11-14,19-20H,4,9-10,15-18H2,1-3,5-8H3;1H. The topological polar surface area (TPSA) is 29.5 Å². The monoisotopic (exact) mass is 575 g/mol. The summed E-state index contributed by atoms with van der Waals surface area (Å²) in [7, 11) is 0. The molecule has 2 aromatic rings. The van der Waals surface area contributed by atoms with Crippen LogP contribution in [0.5, 0.6) is 0 Å². The summed E-state index contributed by atoms with van der Waals surface area (Å²) in [5.74, 6) is -0.270. The average molecular weight is 576 g/mol. The molecule has 0 saturated heterocycles. The van der Waals surface area contributed by atoms with E-state index in [0.29, 0.717) is 12.2 Å². The van der Waals surface area contributed by atoms with Crippen LogP contribution < -0.4 is 0 Å². The number of carbonyl (C=O) groups is 1. The van der Waals surface area contributed by atoms with Crippen molar-refractivity contribution >= 4 is 35.5 Å². The molecule has 1 aliphatic carbocycles. The zero-order chi connectivity index (χ0) is 24.4. The second-order valence-corrected chi connectivity index (χ2v) is 10.7. The van der Waals surface area contributed by atoms with E-state index in [1.165, 1.54) is 35.1 Å². The van der Waals surface area contributed by atoms with Crippen LogP contribution in [0.15, 0.2) is 43.0 Å². The highest BCUT2D eigenvalue weighted by Crippen LogP contribution is 2.47. The largest absolute Gasteiger partial charge is 0.461 e. The van der Waals surface area contributed by atoms with Gasteiger partial charge in [0.05, 0.1) is 5.56 Å². The highest BCUT2D eigenvalue weighted by atomic mass is 127. The molecule has 186 valence electrons. The minimum Gasteiger partial charge on any atom is -0.461 e. The number of hydrogen-bond donors (Lipinski definition) is 0. The Bertz CT molecular complexity index is 1020. The Kier molecular flexibility index (Phi) is 9.57. The molecule has 3 rings (SSSR count). The van der Waals surface area contributed by atoms with E-state index in [2.05, 4.69) is 72.1 Å². The third kappa shape index (κ3) is 6.12. The Morgan fingerprint density at radius 3 is 1.97 bits per heavy atom. The van der Waals surface area contributed by atoms with E-state index in [9.17, 15) is 4.79 Å². The molecule has 0 heterocycles. The van der Waals surface area contributed by atoms with Crippen LogP contribution in [0, 0.1) is 6.92 Å². The van der Waals surface area contributed by atoms with E-state index in [1.54, 1.807) is 0 Å². The van der Waals surface area contributed by atoms with Gasteiger partial charge in [-0.2, -0.15) is 0 Å². The maximum Gasteiger partial charge on any atom is 0.338 e.